The first-order chi connectivity index (χ1) is 10.5. The van der Waals surface area contributed by atoms with Gasteiger partial charge < -0.3 is 14.2 Å². The van der Waals surface area contributed by atoms with Crippen molar-refractivity contribution in [1.29, 1.82) is 0 Å². The van der Waals surface area contributed by atoms with Gasteiger partial charge in [-0.15, -0.1) is 0 Å². The van der Waals surface area contributed by atoms with Crippen LogP contribution in [0.3, 0.4) is 0 Å². The third-order valence-electron chi connectivity index (χ3n) is 3.84. The minimum absolute atomic E-state index is 0.271. The normalized spacial score (nSPS) is 23.5. The zero-order chi connectivity index (χ0) is 16.3. The maximum Gasteiger partial charge on any atom is 0.338 e. The first-order valence-corrected chi connectivity index (χ1v) is 8.19. The molecule has 1 heterocycles. The zero-order valence-electron chi connectivity index (χ0n) is 12.9. The second-order valence-electron chi connectivity index (χ2n) is 5.08. The Balaban J connectivity index is 2.43. The van der Waals surface area contributed by atoms with E-state index in [1.807, 2.05) is 13.8 Å². The fourth-order valence-corrected chi connectivity index (χ4v) is 3.20. The van der Waals surface area contributed by atoms with Crippen molar-refractivity contribution in [3.05, 3.63) is 33.8 Å². The molecule has 1 aromatic carbocycles. The summed E-state index contributed by atoms with van der Waals surface area (Å²) in [6, 6.07) is 5.18. The van der Waals surface area contributed by atoms with Crippen LogP contribution in [0.4, 0.5) is 0 Å². The first-order valence-electron chi connectivity index (χ1n) is 7.44. The Hall–Kier alpha value is -0.810. The molecule has 0 bridgehead atoms. The summed E-state index contributed by atoms with van der Waals surface area (Å²) in [6.45, 7) is 5.91. The maximum atomic E-state index is 12.3. The van der Waals surface area contributed by atoms with Gasteiger partial charge in [0.05, 0.1) is 6.61 Å². The van der Waals surface area contributed by atoms with Crippen LogP contribution in [0.5, 0.6) is 0 Å². The molecule has 1 fully saturated rings. The van der Waals surface area contributed by atoms with E-state index in [2.05, 4.69) is 0 Å². The molecule has 0 amide bonds. The van der Waals surface area contributed by atoms with Crippen LogP contribution in [0.2, 0.25) is 10.0 Å². The van der Waals surface area contributed by atoms with Gasteiger partial charge in [0.1, 0.15) is 6.10 Å². The molecule has 0 aliphatic carbocycles. The van der Waals surface area contributed by atoms with Gasteiger partial charge >= 0.3 is 5.97 Å². The SMILES string of the molecule is CCOC(=O)C1OC(CC)(CC)OC1c1c(Cl)cccc1Cl. The molecular formula is C16H20Cl2O4. The highest BCUT2D eigenvalue weighted by Crippen LogP contribution is 2.46. The van der Waals surface area contributed by atoms with Crippen molar-refractivity contribution >= 4 is 29.2 Å². The molecule has 0 radical (unpaired) electrons. The van der Waals surface area contributed by atoms with Crippen LogP contribution in [0, 0.1) is 0 Å². The number of halogens is 2. The summed E-state index contributed by atoms with van der Waals surface area (Å²) < 4.78 is 17.1. The molecule has 0 spiro atoms. The van der Waals surface area contributed by atoms with E-state index in [9.17, 15) is 4.79 Å². The minimum Gasteiger partial charge on any atom is -0.464 e. The van der Waals surface area contributed by atoms with E-state index in [-0.39, 0.29) is 6.61 Å². The predicted octanol–water partition coefficient (Wildman–Crippen LogP) is 4.53. The van der Waals surface area contributed by atoms with Gasteiger partial charge in [-0.05, 0) is 31.9 Å². The van der Waals surface area contributed by atoms with Gasteiger partial charge in [0.15, 0.2) is 11.9 Å². The average molecular weight is 347 g/mol. The molecule has 1 aliphatic rings. The standard InChI is InChI=1S/C16H20Cl2O4/c1-4-16(5-2)21-13(14(22-16)15(19)20-6-3)12-10(17)8-7-9-11(12)18/h7-9,13-14H,4-6H2,1-3H3. The molecule has 2 rings (SSSR count). The van der Waals surface area contributed by atoms with Crippen molar-refractivity contribution in [3.63, 3.8) is 0 Å². The number of carbonyl (C=O) groups is 1. The second kappa shape index (κ2) is 7.18. The largest absolute Gasteiger partial charge is 0.464 e. The molecule has 4 nitrogen and oxygen atoms in total. The van der Waals surface area contributed by atoms with Gasteiger partial charge in [0.25, 0.3) is 0 Å². The fraction of sp³-hybridized carbons (Fsp3) is 0.562. The van der Waals surface area contributed by atoms with Gasteiger partial charge in [-0.1, -0.05) is 43.1 Å². The topological polar surface area (TPSA) is 44.8 Å². The van der Waals surface area contributed by atoms with Crippen molar-refractivity contribution in [3.8, 4) is 0 Å². The molecule has 0 aromatic heterocycles. The third kappa shape index (κ3) is 3.25. The highest BCUT2D eigenvalue weighted by molar-refractivity contribution is 6.36. The summed E-state index contributed by atoms with van der Waals surface area (Å²) in [7, 11) is 0. The van der Waals surface area contributed by atoms with Crippen molar-refractivity contribution < 1.29 is 19.0 Å². The Kier molecular flexibility index (Phi) is 5.72. The van der Waals surface area contributed by atoms with E-state index >= 15 is 0 Å². The van der Waals surface area contributed by atoms with Crippen LogP contribution >= 0.6 is 23.2 Å². The highest BCUT2D eigenvalue weighted by Gasteiger charge is 2.51. The average Bonchev–Trinajstić information content (AvgIpc) is 2.88. The minimum atomic E-state index is -0.878. The Labute approximate surface area is 140 Å². The molecule has 1 aliphatic heterocycles. The smallest absolute Gasteiger partial charge is 0.338 e. The van der Waals surface area contributed by atoms with Crippen molar-refractivity contribution in [2.45, 2.75) is 51.6 Å². The lowest BCUT2D eigenvalue weighted by Crippen LogP contribution is -2.32. The van der Waals surface area contributed by atoms with Crippen molar-refractivity contribution in [2.24, 2.45) is 0 Å². The van der Waals surface area contributed by atoms with Crippen molar-refractivity contribution in [1.82, 2.24) is 0 Å². The summed E-state index contributed by atoms with van der Waals surface area (Å²) in [4.78, 5) is 12.3. The molecule has 2 unspecified atom stereocenters. The summed E-state index contributed by atoms with van der Waals surface area (Å²) in [6.07, 6.45) is -0.340. The molecule has 1 aromatic rings. The van der Waals surface area contributed by atoms with E-state index in [0.29, 0.717) is 28.5 Å². The first kappa shape index (κ1) is 17.5. The third-order valence-corrected chi connectivity index (χ3v) is 4.50. The predicted molar refractivity (Wildman–Crippen MR) is 85.1 cm³/mol. The molecule has 0 N–H and O–H groups in total. The van der Waals surface area contributed by atoms with E-state index < -0.39 is 24.0 Å². The summed E-state index contributed by atoms with van der Waals surface area (Å²) in [5, 5.41) is 0.886. The second-order valence-corrected chi connectivity index (χ2v) is 5.90. The molecule has 22 heavy (non-hydrogen) atoms. The lowest BCUT2D eigenvalue weighted by atomic mass is 10.0. The van der Waals surface area contributed by atoms with Crippen LogP contribution in [-0.2, 0) is 19.0 Å². The fourth-order valence-electron chi connectivity index (χ4n) is 2.59. The maximum absolute atomic E-state index is 12.3. The van der Waals surface area contributed by atoms with E-state index in [1.165, 1.54) is 0 Å². The Morgan fingerprint density at radius 3 is 2.27 bits per heavy atom. The number of hydrogen-bond donors (Lipinski definition) is 0. The summed E-state index contributed by atoms with van der Waals surface area (Å²) >= 11 is 12.5. The quantitative estimate of drug-likeness (QED) is 0.734. The number of ether oxygens (including phenoxy) is 3. The molecule has 0 saturated carbocycles. The number of carbonyl (C=O) groups excluding carboxylic acids is 1. The number of rotatable bonds is 5. The van der Waals surface area contributed by atoms with Gasteiger partial charge in [-0.2, -0.15) is 0 Å². The van der Waals surface area contributed by atoms with E-state index in [1.54, 1.807) is 25.1 Å². The number of esters is 1. The van der Waals surface area contributed by atoms with E-state index in [0.717, 1.165) is 0 Å². The zero-order valence-corrected chi connectivity index (χ0v) is 14.4. The Morgan fingerprint density at radius 1 is 1.18 bits per heavy atom. The lowest BCUT2D eigenvalue weighted by molar-refractivity contribution is -0.188. The summed E-state index contributed by atoms with van der Waals surface area (Å²) in [5.74, 6) is -1.29. The molecule has 1 saturated heterocycles. The Bertz CT molecular complexity index is 523. The van der Waals surface area contributed by atoms with Gasteiger partial charge in [-0.25, -0.2) is 4.79 Å². The van der Waals surface area contributed by atoms with Crippen LogP contribution in [-0.4, -0.2) is 24.5 Å². The summed E-state index contributed by atoms with van der Waals surface area (Å²) in [5.41, 5.74) is 0.563. The number of benzene rings is 1. The highest BCUT2D eigenvalue weighted by atomic mass is 35.5. The molecular weight excluding hydrogens is 327 g/mol. The van der Waals surface area contributed by atoms with Gasteiger partial charge in [0.2, 0.25) is 0 Å². The molecule has 6 heteroatoms. The Morgan fingerprint density at radius 2 is 1.77 bits per heavy atom. The van der Waals surface area contributed by atoms with Gasteiger partial charge in [-0.3, -0.25) is 0 Å². The molecule has 2 atom stereocenters. The van der Waals surface area contributed by atoms with Gasteiger partial charge in [0, 0.05) is 15.6 Å². The number of hydrogen-bond acceptors (Lipinski definition) is 4. The van der Waals surface area contributed by atoms with Crippen LogP contribution in [0.25, 0.3) is 0 Å². The van der Waals surface area contributed by atoms with E-state index in [4.69, 9.17) is 37.4 Å². The van der Waals surface area contributed by atoms with Crippen LogP contribution in [0.1, 0.15) is 45.3 Å². The van der Waals surface area contributed by atoms with Crippen LogP contribution < -0.4 is 0 Å². The lowest BCUT2D eigenvalue weighted by Gasteiger charge is -2.25. The van der Waals surface area contributed by atoms with Crippen LogP contribution in [0.15, 0.2) is 18.2 Å². The van der Waals surface area contributed by atoms with Crippen molar-refractivity contribution in [2.75, 3.05) is 6.61 Å². The molecule has 122 valence electrons. The monoisotopic (exact) mass is 346 g/mol.